The summed E-state index contributed by atoms with van der Waals surface area (Å²) in [7, 11) is 0. The van der Waals surface area contributed by atoms with E-state index in [9.17, 15) is 9.90 Å². The highest BCUT2D eigenvalue weighted by atomic mass is 35.5. The smallest absolute Gasteiger partial charge is 0.341 e. The first-order chi connectivity index (χ1) is 9.49. The van der Waals surface area contributed by atoms with Gasteiger partial charge in [0.05, 0.1) is 5.02 Å². The third-order valence-corrected chi connectivity index (χ3v) is 3.26. The summed E-state index contributed by atoms with van der Waals surface area (Å²) in [5.41, 5.74) is 1.10. The Balaban J connectivity index is 2.38. The molecular formula is C16H15ClO3. The van der Waals surface area contributed by atoms with Crippen molar-refractivity contribution >= 4 is 17.6 Å². The van der Waals surface area contributed by atoms with Crippen molar-refractivity contribution in [3.8, 4) is 11.5 Å². The summed E-state index contributed by atoms with van der Waals surface area (Å²) in [6, 6.07) is 12.4. The van der Waals surface area contributed by atoms with Gasteiger partial charge in [-0.15, -0.1) is 0 Å². The van der Waals surface area contributed by atoms with Crippen LogP contribution in [-0.2, 0) is 0 Å². The molecule has 4 heteroatoms. The minimum Gasteiger partial charge on any atom is -0.478 e. The lowest BCUT2D eigenvalue weighted by Crippen LogP contribution is -2.01. The van der Waals surface area contributed by atoms with Gasteiger partial charge in [-0.3, -0.25) is 0 Å². The fourth-order valence-corrected chi connectivity index (χ4v) is 2.11. The molecule has 0 saturated heterocycles. The fraction of sp³-hybridized carbons (Fsp3) is 0.188. The molecule has 0 saturated carbocycles. The maximum absolute atomic E-state index is 11.2. The van der Waals surface area contributed by atoms with Crippen LogP contribution in [0.4, 0.5) is 0 Å². The molecule has 0 amide bonds. The van der Waals surface area contributed by atoms with Crippen LogP contribution in [0.2, 0.25) is 5.02 Å². The van der Waals surface area contributed by atoms with Crippen LogP contribution in [0.5, 0.6) is 11.5 Å². The Morgan fingerprint density at radius 3 is 2.55 bits per heavy atom. The Morgan fingerprint density at radius 2 is 1.90 bits per heavy atom. The zero-order chi connectivity index (χ0) is 14.7. The van der Waals surface area contributed by atoms with Gasteiger partial charge in [0, 0.05) is 0 Å². The van der Waals surface area contributed by atoms with E-state index in [-0.39, 0.29) is 16.3 Å². The van der Waals surface area contributed by atoms with E-state index in [1.807, 2.05) is 18.2 Å². The SMILES string of the molecule is CC(C)c1cccc(Oc2cccc(Cl)c2C(=O)O)c1. The largest absolute Gasteiger partial charge is 0.478 e. The van der Waals surface area contributed by atoms with Gasteiger partial charge in [-0.05, 0) is 35.7 Å². The number of ether oxygens (including phenoxy) is 1. The Labute approximate surface area is 122 Å². The average Bonchev–Trinajstić information content (AvgIpc) is 2.38. The zero-order valence-corrected chi connectivity index (χ0v) is 12.0. The average molecular weight is 291 g/mol. The Hall–Kier alpha value is -2.00. The van der Waals surface area contributed by atoms with Crippen molar-refractivity contribution in [3.05, 3.63) is 58.6 Å². The molecule has 0 unspecified atom stereocenters. The van der Waals surface area contributed by atoms with E-state index in [1.165, 1.54) is 6.07 Å². The molecule has 2 rings (SSSR count). The molecule has 20 heavy (non-hydrogen) atoms. The molecule has 0 aromatic heterocycles. The van der Waals surface area contributed by atoms with Gasteiger partial charge < -0.3 is 9.84 Å². The third-order valence-electron chi connectivity index (χ3n) is 2.94. The van der Waals surface area contributed by atoms with Crippen LogP contribution in [0.3, 0.4) is 0 Å². The summed E-state index contributed by atoms with van der Waals surface area (Å²) in [5.74, 6) is 0.106. The Kier molecular flexibility index (Phi) is 4.30. The maximum atomic E-state index is 11.2. The van der Waals surface area contributed by atoms with Gasteiger partial charge in [-0.25, -0.2) is 4.79 Å². The van der Waals surface area contributed by atoms with E-state index >= 15 is 0 Å². The van der Waals surface area contributed by atoms with Crippen molar-refractivity contribution in [2.24, 2.45) is 0 Å². The number of rotatable bonds is 4. The van der Waals surface area contributed by atoms with Gasteiger partial charge in [0.25, 0.3) is 0 Å². The van der Waals surface area contributed by atoms with Crippen LogP contribution in [0, 0.1) is 0 Å². The second-order valence-electron chi connectivity index (χ2n) is 4.75. The number of aromatic carboxylic acids is 1. The van der Waals surface area contributed by atoms with Crippen molar-refractivity contribution < 1.29 is 14.6 Å². The van der Waals surface area contributed by atoms with E-state index < -0.39 is 5.97 Å². The minimum atomic E-state index is -1.11. The number of carboxylic acids is 1. The zero-order valence-electron chi connectivity index (χ0n) is 11.3. The summed E-state index contributed by atoms with van der Waals surface area (Å²) in [4.78, 5) is 11.2. The van der Waals surface area contributed by atoms with Gasteiger partial charge in [-0.1, -0.05) is 43.6 Å². The predicted octanol–water partition coefficient (Wildman–Crippen LogP) is 4.95. The lowest BCUT2D eigenvalue weighted by molar-refractivity contribution is 0.0694. The number of halogens is 1. The fourth-order valence-electron chi connectivity index (χ4n) is 1.86. The summed E-state index contributed by atoms with van der Waals surface area (Å²) in [5, 5.41) is 9.36. The molecule has 3 nitrogen and oxygen atoms in total. The number of hydrogen-bond donors (Lipinski definition) is 1. The molecule has 0 spiro atoms. The molecular weight excluding hydrogens is 276 g/mol. The molecule has 104 valence electrons. The molecule has 0 heterocycles. The normalized spacial score (nSPS) is 10.6. The molecule has 0 aliphatic heterocycles. The van der Waals surface area contributed by atoms with E-state index in [4.69, 9.17) is 16.3 Å². The lowest BCUT2D eigenvalue weighted by Gasteiger charge is -2.12. The second-order valence-corrected chi connectivity index (χ2v) is 5.15. The first-order valence-corrected chi connectivity index (χ1v) is 6.66. The number of carboxylic acid groups (broad SMARTS) is 1. The van der Waals surface area contributed by atoms with Crippen molar-refractivity contribution in [3.63, 3.8) is 0 Å². The van der Waals surface area contributed by atoms with Crippen molar-refractivity contribution in [2.45, 2.75) is 19.8 Å². The van der Waals surface area contributed by atoms with E-state index in [2.05, 4.69) is 13.8 Å². The molecule has 2 aromatic carbocycles. The first-order valence-electron chi connectivity index (χ1n) is 6.28. The third kappa shape index (κ3) is 3.11. The summed E-state index contributed by atoms with van der Waals surface area (Å²) >= 11 is 5.91. The molecule has 0 radical (unpaired) electrons. The lowest BCUT2D eigenvalue weighted by atomic mass is 10.0. The van der Waals surface area contributed by atoms with E-state index in [0.29, 0.717) is 11.7 Å². The molecule has 0 fully saturated rings. The van der Waals surface area contributed by atoms with Crippen LogP contribution in [0.25, 0.3) is 0 Å². The van der Waals surface area contributed by atoms with E-state index in [0.717, 1.165) is 5.56 Å². The highest BCUT2D eigenvalue weighted by Crippen LogP contribution is 2.31. The molecule has 1 N–H and O–H groups in total. The predicted molar refractivity (Wildman–Crippen MR) is 79.0 cm³/mol. The monoisotopic (exact) mass is 290 g/mol. The Morgan fingerprint density at radius 1 is 1.20 bits per heavy atom. The first kappa shape index (κ1) is 14.4. The molecule has 2 aromatic rings. The summed E-state index contributed by atoms with van der Waals surface area (Å²) in [6.07, 6.45) is 0. The molecule has 0 aliphatic carbocycles. The van der Waals surface area contributed by atoms with Crippen LogP contribution in [0.15, 0.2) is 42.5 Å². The van der Waals surface area contributed by atoms with Crippen LogP contribution >= 0.6 is 11.6 Å². The standard InChI is InChI=1S/C16H15ClO3/c1-10(2)11-5-3-6-12(9-11)20-14-8-4-7-13(17)15(14)16(18)19/h3-10H,1-2H3,(H,18,19). The van der Waals surface area contributed by atoms with Gasteiger partial charge in [0.1, 0.15) is 17.1 Å². The van der Waals surface area contributed by atoms with Crippen LogP contribution < -0.4 is 4.74 Å². The maximum Gasteiger partial charge on any atom is 0.341 e. The minimum absolute atomic E-state index is 0.0240. The highest BCUT2D eigenvalue weighted by molar-refractivity contribution is 6.33. The van der Waals surface area contributed by atoms with E-state index in [1.54, 1.807) is 18.2 Å². The summed E-state index contributed by atoms with van der Waals surface area (Å²) < 4.78 is 5.68. The molecule has 0 atom stereocenters. The van der Waals surface area contributed by atoms with Crippen LogP contribution in [0.1, 0.15) is 35.7 Å². The van der Waals surface area contributed by atoms with Gasteiger partial charge in [0.15, 0.2) is 0 Å². The van der Waals surface area contributed by atoms with Crippen molar-refractivity contribution in [1.82, 2.24) is 0 Å². The van der Waals surface area contributed by atoms with Gasteiger partial charge in [0.2, 0.25) is 0 Å². The number of hydrogen-bond acceptors (Lipinski definition) is 2. The van der Waals surface area contributed by atoms with Gasteiger partial charge in [-0.2, -0.15) is 0 Å². The second kappa shape index (κ2) is 5.97. The van der Waals surface area contributed by atoms with Crippen molar-refractivity contribution in [2.75, 3.05) is 0 Å². The number of carbonyl (C=O) groups is 1. The van der Waals surface area contributed by atoms with Gasteiger partial charge >= 0.3 is 5.97 Å². The number of benzene rings is 2. The Bertz CT molecular complexity index is 635. The topological polar surface area (TPSA) is 46.5 Å². The highest BCUT2D eigenvalue weighted by Gasteiger charge is 2.16. The van der Waals surface area contributed by atoms with Crippen molar-refractivity contribution in [1.29, 1.82) is 0 Å². The quantitative estimate of drug-likeness (QED) is 0.866. The molecule has 0 bridgehead atoms. The van der Waals surface area contributed by atoms with Crippen LogP contribution in [-0.4, -0.2) is 11.1 Å². The molecule has 0 aliphatic rings. The summed E-state index contributed by atoms with van der Waals surface area (Å²) in [6.45, 7) is 4.17.